The molecule has 27 heavy (non-hydrogen) atoms. The SMILES string of the molecule is O=C(N1CCC(c2nnc3n2CCNC3)CC1)C1(c2cccc(Cl)c2)CC1. The van der Waals surface area contributed by atoms with E-state index in [1.165, 1.54) is 0 Å². The Hall–Kier alpha value is -1.92. The van der Waals surface area contributed by atoms with Crippen LogP contribution in [-0.4, -0.2) is 45.2 Å². The van der Waals surface area contributed by atoms with Gasteiger partial charge < -0.3 is 14.8 Å². The molecule has 1 aromatic carbocycles. The highest BCUT2D eigenvalue weighted by Crippen LogP contribution is 2.50. The summed E-state index contributed by atoms with van der Waals surface area (Å²) in [6, 6.07) is 7.81. The Labute approximate surface area is 163 Å². The molecule has 2 aromatic rings. The summed E-state index contributed by atoms with van der Waals surface area (Å²) in [5.41, 5.74) is 0.735. The molecule has 0 atom stereocenters. The highest BCUT2D eigenvalue weighted by atomic mass is 35.5. The van der Waals surface area contributed by atoms with Crippen molar-refractivity contribution in [2.24, 2.45) is 0 Å². The van der Waals surface area contributed by atoms with E-state index >= 15 is 0 Å². The van der Waals surface area contributed by atoms with Crippen LogP contribution in [0.5, 0.6) is 0 Å². The third-order valence-electron chi connectivity index (χ3n) is 6.34. The standard InChI is InChI=1S/C20H24ClN5O/c21-16-3-1-2-15(12-16)20(6-7-20)19(27)25-9-4-14(5-10-25)18-24-23-17-13-22-8-11-26(17)18/h1-3,12,14,22H,4-11,13H2. The number of likely N-dealkylation sites (tertiary alicyclic amines) is 1. The van der Waals surface area contributed by atoms with E-state index in [4.69, 9.17) is 11.6 Å². The van der Waals surface area contributed by atoms with Crippen molar-refractivity contribution in [3.63, 3.8) is 0 Å². The van der Waals surface area contributed by atoms with E-state index in [2.05, 4.69) is 25.0 Å². The van der Waals surface area contributed by atoms with Gasteiger partial charge >= 0.3 is 0 Å². The van der Waals surface area contributed by atoms with Crippen molar-refractivity contribution < 1.29 is 4.79 Å². The lowest BCUT2D eigenvalue weighted by atomic mass is 9.91. The van der Waals surface area contributed by atoms with Crippen molar-refractivity contribution in [3.8, 4) is 0 Å². The average Bonchev–Trinajstić information content (AvgIpc) is 3.41. The van der Waals surface area contributed by atoms with Crippen LogP contribution in [0.25, 0.3) is 0 Å². The number of rotatable bonds is 3. The Kier molecular flexibility index (Phi) is 4.20. The van der Waals surface area contributed by atoms with Crippen LogP contribution in [0.4, 0.5) is 0 Å². The molecule has 142 valence electrons. The van der Waals surface area contributed by atoms with E-state index in [-0.39, 0.29) is 11.3 Å². The maximum Gasteiger partial charge on any atom is 0.233 e. The minimum Gasteiger partial charge on any atom is -0.342 e. The monoisotopic (exact) mass is 385 g/mol. The van der Waals surface area contributed by atoms with Gasteiger partial charge in [-0.2, -0.15) is 0 Å². The maximum absolute atomic E-state index is 13.3. The van der Waals surface area contributed by atoms with Crippen molar-refractivity contribution >= 4 is 17.5 Å². The molecule has 7 heteroatoms. The van der Waals surface area contributed by atoms with Crippen LogP contribution in [0.3, 0.4) is 0 Å². The Morgan fingerprint density at radius 2 is 2.00 bits per heavy atom. The molecule has 0 radical (unpaired) electrons. The molecular formula is C20H24ClN5O. The molecule has 0 spiro atoms. The minimum absolute atomic E-state index is 0.274. The molecule has 6 nitrogen and oxygen atoms in total. The van der Waals surface area contributed by atoms with E-state index < -0.39 is 0 Å². The summed E-state index contributed by atoms with van der Waals surface area (Å²) in [7, 11) is 0. The van der Waals surface area contributed by atoms with Gasteiger partial charge in [0, 0.05) is 37.1 Å². The molecule has 1 aliphatic carbocycles. The summed E-state index contributed by atoms with van der Waals surface area (Å²) in [6.45, 7) is 4.30. The molecule has 3 aliphatic rings. The number of nitrogens with zero attached hydrogens (tertiary/aromatic N) is 4. The summed E-state index contributed by atoms with van der Waals surface area (Å²) >= 11 is 6.16. The molecule has 1 saturated heterocycles. The first-order valence-electron chi connectivity index (χ1n) is 9.85. The fourth-order valence-corrected chi connectivity index (χ4v) is 4.79. The number of amides is 1. The Bertz CT molecular complexity index is 867. The fourth-order valence-electron chi connectivity index (χ4n) is 4.60. The number of hydrogen-bond donors (Lipinski definition) is 1. The third-order valence-corrected chi connectivity index (χ3v) is 6.57. The van der Waals surface area contributed by atoms with Gasteiger partial charge in [0.1, 0.15) is 11.6 Å². The molecule has 2 fully saturated rings. The van der Waals surface area contributed by atoms with Gasteiger partial charge in [-0.05, 0) is 43.4 Å². The summed E-state index contributed by atoms with van der Waals surface area (Å²) in [5, 5.41) is 12.8. The van der Waals surface area contributed by atoms with Gasteiger partial charge in [-0.3, -0.25) is 4.79 Å². The van der Waals surface area contributed by atoms with Crippen LogP contribution >= 0.6 is 11.6 Å². The van der Waals surface area contributed by atoms with E-state index in [9.17, 15) is 4.79 Å². The van der Waals surface area contributed by atoms with E-state index in [0.717, 1.165) is 75.6 Å². The van der Waals surface area contributed by atoms with Gasteiger partial charge in [-0.25, -0.2) is 0 Å². The highest BCUT2D eigenvalue weighted by Gasteiger charge is 2.53. The third kappa shape index (κ3) is 2.95. The number of hydrogen-bond acceptors (Lipinski definition) is 4. The minimum atomic E-state index is -0.336. The van der Waals surface area contributed by atoms with Crippen molar-refractivity contribution in [1.82, 2.24) is 25.0 Å². The second-order valence-electron chi connectivity index (χ2n) is 7.96. The molecule has 3 heterocycles. The van der Waals surface area contributed by atoms with Crippen LogP contribution < -0.4 is 5.32 Å². The second kappa shape index (κ2) is 6.60. The first-order valence-corrected chi connectivity index (χ1v) is 10.2. The van der Waals surface area contributed by atoms with Gasteiger partial charge in [0.25, 0.3) is 0 Å². The molecular weight excluding hydrogens is 362 g/mol. The molecule has 1 amide bonds. The predicted octanol–water partition coefficient (Wildman–Crippen LogP) is 2.47. The first kappa shape index (κ1) is 17.2. The number of nitrogens with one attached hydrogen (secondary N) is 1. The lowest BCUT2D eigenvalue weighted by molar-refractivity contribution is -0.135. The topological polar surface area (TPSA) is 63.1 Å². The second-order valence-corrected chi connectivity index (χ2v) is 8.40. The van der Waals surface area contributed by atoms with Gasteiger partial charge in [0.05, 0.1) is 12.0 Å². The summed E-state index contributed by atoms with van der Waals surface area (Å²) in [4.78, 5) is 15.3. The zero-order valence-corrected chi connectivity index (χ0v) is 16.1. The molecule has 0 unspecified atom stereocenters. The predicted molar refractivity (Wildman–Crippen MR) is 103 cm³/mol. The zero-order valence-electron chi connectivity index (χ0n) is 15.3. The smallest absolute Gasteiger partial charge is 0.233 e. The number of piperidine rings is 1. The van der Waals surface area contributed by atoms with Gasteiger partial charge in [0.2, 0.25) is 5.91 Å². The van der Waals surface area contributed by atoms with Crippen LogP contribution in [0.2, 0.25) is 5.02 Å². The Morgan fingerprint density at radius 1 is 1.19 bits per heavy atom. The van der Waals surface area contributed by atoms with Gasteiger partial charge in [0.15, 0.2) is 0 Å². The Morgan fingerprint density at radius 3 is 2.74 bits per heavy atom. The molecule has 1 aromatic heterocycles. The van der Waals surface area contributed by atoms with E-state index in [1.54, 1.807) is 0 Å². The van der Waals surface area contributed by atoms with E-state index in [0.29, 0.717) is 10.9 Å². The van der Waals surface area contributed by atoms with Gasteiger partial charge in [-0.15, -0.1) is 10.2 Å². The quantitative estimate of drug-likeness (QED) is 0.881. The number of halogens is 1. The zero-order chi connectivity index (χ0) is 18.4. The molecule has 5 rings (SSSR count). The van der Waals surface area contributed by atoms with Gasteiger partial charge in [-0.1, -0.05) is 23.7 Å². The van der Waals surface area contributed by atoms with Crippen LogP contribution in [0.1, 0.15) is 48.8 Å². The molecule has 1 saturated carbocycles. The lowest BCUT2D eigenvalue weighted by Crippen LogP contribution is -2.44. The first-order chi connectivity index (χ1) is 13.2. The summed E-state index contributed by atoms with van der Waals surface area (Å²) in [6.07, 6.45) is 3.78. The summed E-state index contributed by atoms with van der Waals surface area (Å²) < 4.78 is 2.27. The molecule has 0 bridgehead atoms. The number of carbonyl (C=O) groups excluding carboxylic acids is 1. The van der Waals surface area contributed by atoms with Crippen molar-refractivity contribution in [3.05, 3.63) is 46.5 Å². The number of benzene rings is 1. The number of carbonyl (C=O) groups is 1. The van der Waals surface area contributed by atoms with Crippen molar-refractivity contribution in [2.45, 2.75) is 50.1 Å². The highest BCUT2D eigenvalue weighted by molar-refractivity contribution is 6.30. The van der Waals surface area contributed by atoms with Crippen LogP contribution in [0, 0.1) is 0 Å². The Balaban J connectivity index is 1.28. The summed E-state index contributed by atoms with van der Waals surface area (Å²) in [5.74, 6) is 2.81. The van der Waals surface area contributed by atoms with Crippen LogP contribution in [0.15, 0.2) is 24.3 Å². The van der Waals surface area contributed by atoms with Crippen LogP contribution in [-0.2, 0) is 23.3 Å². The lowest BCUT2D eigenvalue weighted by Gasteiger charge is -2.34. The number of fused-ring (bicyclic) bond motifs is 1. The van der Waals surface area contributed by atoms with E-state index in [1.807, 2.05) is 24.3 Å². The average molecular weight is 386 g/mol. The molecule has 1 N–H and O–H groups in total. The number of aromatic nitrogens is 3. The fraction of sp³-hybridized carbons (Fsp3) is 0.550. The van der Waals surface area contributed by atoms with Crippen molar-refractivity contribution in [2.75, 3.05) is 19.6 Å². The maximum atomic E-state index is 13.3. The normalized spacial score (nSPS) is 21.7. The largest absolute Gasteiger partial charge is 0.342 e. The van der Waals surface area contributed by atoms with Crippen molar-refractivity contribution in [1.29, 1.82) is 0 Å². The molecule has 2 aliphatic heterocycles.